The van der Waals surface area contributed by atoms with E-state index in [0.717, 1.165) is 24.0 Å². The van der Waals surface area contributed by atoms with Crippen molar-refractivity contribution < 1.29 is 19.4 Å². The summed E-state index contributed by atoms with van der Waals surface area (Å²) < 4.78 is 5.46. The van der Waals surface area contributed by atoms with E-state index in [4.69, 9.17) is 9.84 Å². The summed E-state index contributed by atoms with van der Waals surface area (Å²) in [6, 6.07) is 14.1. The van der Waals surface area contributed by atoms with Gasteiger partial charge in [-0.15, -0.1) is 0 Å². The first-order chi connectivity index (χ1) is 17.6. The monoisotopic (exact) mass is 494 g/mol. The molecule has 4 nitrogen and oxygen atoms in total. The molecular formula is C32H46O4. The minimum Gasteiger partial charge on any atom is -0.478 e. The summed E-state index contributed by atoms with van der Waals surface area (Å²) in [7, 11) is 0. The van der Waals surface area contributed by atoms with Gasteiger partial charge < -0.3 is 9.84 Å². The molecule has 4 heteroatoms. The molecule has 2 aromatic rings. The minimum absolute atomic E-state index is 0.182. The second kappa shape index (κ2) is 18.6. The number of carbonyl (C=O) groups excluding carboxylic acids is 1. The summed E-state index contributed by atoms with van der Waals surface area (Å²) in [6.45, 7) is 2.27. The first-order valence-electron chi connectivity index (χ1n) is 14.2. The highest BCUT2D eigenvalue weighted by Crippen LogP contribution is 2.23. The molecule has 0 aromatic heterocycles. The summed E-state index contributed by atoms with van der Waals surface area (Å²) >= 11 is 0. The van der Waals surface area contributed by atoms with Gasteiger partial charge in [0.25, 0.3) is 0 Å². The highest BCUT2D eigenvalue weighted by atomic mass is 16.5. The molecular weight excluding hydrogens is 448 g/mol. The first kappa shape index (κ1) is 29.6. The fourth-order valence-electron chi connectivity index (χ4n) is 4.52. The van der Waals surface area contributed by atoms with E-state index in [0.29, 0.717) is 12.2 Å². The zero-order valence-corrected chi connectivity index (χ0v) is 22.3. The second-order valence-corrected chi connectivity index (χ2v) is 9.93. The van der Waals surface area contributed by atoms with E-state index in [2.05, 4.69) is 6.92 Å². The van der Waals surface area contributed by atoms with Gasteiger partial charge in [-0.25, -0.2) is 4.79 Å². The van der Waals surface area contributed by atoms with Crippen LogP contribution in [0.25, 0.3) is 11.1 Å². The quantitative estimate of drug-likeness (QED) is 0.113. The van der Waals surface area contributed by atoms with E-state index in [1.54, 1.807) is 36.4 Å². The van der Waals surface area contributed by atoms with Crippen molar-refractivity contribution in [3.8, 4) is 16.9 Å². The van der Waals surface area contributed by atoms with Crippen molar-refractivity contribution in [1.29, 1.82) is 0 Å². The van der Waals surface area contributed by atoms with Gasteiger partial charge in [-0.3, -0.25) is 4.79 Å². The lowest BCUT2D eigenvalue weighted by Gasteiger charge is -2.07. The number of ether oxygens (including phenoxy) is 1. The van der Waals surface area contributed by atoms with Gasteiger partial charge in [-0.1, -0.05) is 128 Å². The fraction of sp³-hybridized carbons (Fsp3) is 0.562. The summed E-state index contributed by atoms with van der Waals surface area (Å²) in [4.78, 5) is 23.1. The summed E-state index contributed by atoms with van der Waals surface area (Å²) in [5.41, 5.74) is 2.13. The van der Waals surface area contributed by atoms with Crippen molar-refractivity contribution >= 4 is 11.9 Å². The average molecular weight is 495 g/mol. The standard InChI is InChI=1S/C32H46O4/c1-2-3-4-5-6-7-8-9-10-11-12-13-14-15-16-17-18-31(33)36-30-25-23-28(24-26-30)27-19-21-29(22-20-27)32(34)35/h19-26H,2-18H2,1H3,(H,34,35). The van der Waals surface area contributed by atoms with E-state index in [1.165, 1.54) is 89.9 Å². The van der Waals surface area contributed by atoms with Gasteiger partial charge in [0, 0.05) is 6.42 Å². The van der Waals surface area contributed by atoms with E-state index < -0.39 is 5.97 Å². The highest BCUT2D eigenvalue weighted by Gasteiger charge is 2.07. The zero-order valence-electron chi connectivity index (χ0n) is 22.3. The molecule has 0 unspecified atom stereocenters. The molecule has 0 bridgehead atoms. The number of carboxylic acid groups (broad SMARTS) is 1. The van der Waals surface area contributed by atoms with Crippen molar-refractivity contribution in [1.82, 2.24) is 0 Å². The van der Waals surface area contributed by atoms with Crippen LogP contribution < -0.4 is 4.74 Å². The SMILES string of the molecule is CCCCCCCCCCCCCCCCCCC(=O)Oc1ccc(-c2ccc(C(=O)O)cc2)cc1. The Labute approximate surface area is 218 Å². The Morgan fingerprint density at radius 3 is 1.39 bits per heavy atom. The van der Waals surface area contributed by atoms with Crippen LogP contribution in [0.3, 0.4) is 0 Å². The molecule has 0 heterocycles. The third-order valence-electron chi connectivity index (χ3n) is 6.79. The van der Waals surface area contributed by atoms with Crippen LogP contribution >= 0.6 is 0 Å². The molecule has 198 valence electrons. The largest absolute Gasteiger partial charge is 0.478 e. The molecule has 0 amide bonds. The number of esters is 1. The van der Waals surface area contributed by atoms with Crippen molar-refractivity contribution in [2.45, 2.75) is 116 Å². The van der Waals surface area contributed by atoms with E-state index >= 15 is 0 Å². The molecule has 0 spiro atoms. The maximum Gasteiger partial charge on any atom is 0.335 e. The molecule has 36 heavy (non-hydrogen) atoms. The van der Waals surface area contributed by atoms with Gasteiger partial charge in [-0.2, -0.15) is 0 Å². The van der Waals surface area contributed by atoms with Crippen molar-refractivity contribution in [3.05, 3.63) is 54.1 Å². The van der Waals surface area contributed by atoms with Gasteiger partial charge >= 0.3 is 11.9 Å². The number of rotatable bonds is 20. The summed E-state index contributed by atoms with van der Waals surface area (Å²) in [5.74, 6) is -0.575. The van der Waals surface area contributed by atoms with Gasteiger partial charge in [0.05, 0.1) is 5.56 Å². The number of benzene rings is 2. The molecule has 2 rings (SSSR count). The Morgan fingerprint density at radius 2 is 0.972 bits per heavy atom. The minimum atomic E-state index is -0.937. The predicted octanol–water partition coefficient (Wildman–Crippen LogP) is 9.61. The van der Waals surface area contributed by atoms with Crippen LogP contribution in [-0.4, -0.2) is 17.0 Å². The van der Waals surface area contributed by atoms with Crippen LogP contribution in [0.15, 0.2) is 48.5 Å². The number of hydrogen-bond acceptors (Lipinski definition) is 3. The lowest BCUT2D eigenvalue weighted by Crippen LogP contribution is -2.07. The van der Waals surface area contributed by atoms with Crippen molar-refractivity contribution in [2.24, 2.45) is 0 Å². The highest BCUT2D eigenvalue weighted by molar-refractivity contribution is 5.88. The molecule has 0 aliphatic carbocycles. The topological polar surface area (TPSA) is 63.6 Å². The Balaban J connectivity index is 1.45. The smallest absolute Gasteiger partial charge is 0.335 e. The Hall–Kier alpha value is -2.62. The van der Waals surface area contributed by atoms with E-state index in [9.17, 15) is 9.59 Å². The molecule has 1 N–H and O–H groups in total. The van der Waals surface area contributed by atoms with Crippen LogP contribution in [0.1, 0.15) is 126 Å². The van der Waals surface area contributed by atoms with Gasteiger partial charge in [-0.05, 0) is 41.8 Å². The average Bonchev–Trinajstić information content (AvgIpc) is 2.89. The number of aromatic carboxylic acids is 1. The number of carboxylic acids is 1. The molecule has 0 radical (unpaired) electrons. The lowest BCUT2D eigenvalue weighted by atomic mass is 10.0. The summed E-state index contributed by atoms with van der Waals surface area (Å²) in [6.07, 6.45) is 21.5. The van der Waals surface area contributed by atoms with Crippen LogP contribution in [-0.2, 0) is 4.79 Å². The third kappa shape index (κ3) is 12.9. The fourth-order valence-corrected chi connectivity index (χ4v) is 4.52. The molecule has 0 saturated heterocycles. The van der Waals surface area contributed by atoms with Crippen molar-refractivity contribution in [3.63, 3.8) is 0 Å². The van der Waals surface area contributed by atoms with Gasteiger partial charge in [0.1, 0.15) is 5.75 Å². The number of unbranched alkanes of at least 4 members (excludes halogenated alkanes) is 15. The number of hydrogen-bond donors (Lipinski definition) is 1. The lowest BCUT2D eigenvalue weighted by molar-refractivity contribution is -0.134. The molecule has 2 aromatic carbocycles. The number of carbonyl (C=O) groups is 2. The molecule has 0 aliphatic heterocycles. The van der Waals surface area contributed by atoms with Gasteiger partial charge in [0.15, 0.2) is 0 Å². The Bertz CT molecular complexity index is 855. The predicted molar refractivity (Wildman–Crippen MR) is 149 cm³/mol. The Morgan fingerprint density at radius 1 is 0.583 bits per heavy atom. The van der Waals surface area contributed by atoms with Crippen LogP contribution in [0, 0.1) is 0 Å². The normalized spacial score (nSPS) is 10.9. The third-order valence-corrected chi connectivity index (χ3v) is 6.79. The Kier molecular flexibility index (Phi) is 15.3. The van der Waals surface area contributed by atoms with Crippen LogP contribution in [0.5, 0.6) is 5.75 Å². The maximum atomic E-state index is 12.1. The van der Waals surface area contributed by atoms with Gasteiger partial charge in [0.2, 0.25) is 0 Å². The molecule has 0 aliphatic rings. The summed E-state index contributed by atoms with van der Waals surface area (Å²) in [5, 5.41) is 9.01. The maximum absolute atomic E-state index is 12.1. The second-order valence-electron chi connectivity index (χ2n) is 9.93. The molecule has 0 fully saturated rings. The first-order valence-corrected chi connectivity index (χ1v) is 14.2. The zero-order chi connectivity index (χ0) is 25.8. The van der Waals surface area contributed by atoms with Crippen LogP contribution in [0.2, 0.25) is 0 Å². The molecule has 0 saturated carbocycles. The van der Waals surface area contributed by atoms with E-state index in [-0.39, 0.29) is 11.5 Å². The van der Waals surface area contributed by atoms with Crippen molar-refractivity contribution in [2.75, 3.05) is 0 Å². The molecule has 0 atom stereocenters. The van der Waals surface area contributed by atoms with E-state index in [1.807, 2.05) is 12.1 Å². The van der Waals surface area contributed by atoms with Crippen LogP contribution in [0.4, 0.5) is 0 Å².